The van der Waals surface area contributed by atoms with Gasteiger partial charge in [-0.3, -0.25) is 4.99 Å². The average Bonchev–Trinajstić information content (AvgIpc) is 3.22. The lowest BCUT2D eigenvalue weighted by molar-refractivity contribution is 0.403. The summed E-state index contributed by atoms with van der Waals surface area (Å²) >= 11 is 12.2. The molecule has 0 spiro atoms. The van der Waals surface area contributed by atoms with Gasteiger partial charge in [0.25, 0.3) is 0 Å². The van der Waals surface area contributed by atoms with E-state index in [9.17, 15) is 5.11 Å². The molecule has 1 N–H and O–H groups in total. The molecule has 1 heterocycles. The lowest BCUT2D eigenvalue weighted by Gasteiger charge is -2.23. The van der Waals surface area contributed by atoms with Crippen molar-refractivity contribution in [2.45, 2.75) is 51.9 Å². The van der Waals surface area contributed by atoms with Crippen molar-refractivity contribution >= 4 is 35.1 Å². The molecule has 2 aromatic carbocycles. The van der Waals surface area contributed by atoms with Crippen LogP contribution in [0.4, 0.5) is 5.69 Å². The Morgan fingerprint density at radius 3 is 2.37 bits per heavy atom. The van der Waals surface area contributed by atoms with E-state index >= 15 is 0 Å². The van der Waals surface area contributed by atoms with Gasteiger partial charge in [0.1, 0.15) is 5.75 Å². The molecular formula is C25H26Cl2N2O. The Labute approximate surface area is 188 Å². The minimum absolute atomic E-state index is 0.0136. The molecule has 5 heteroatoms. The maximum Gasteiger partial charge on any atom is 0.143 e. The minimum atomic E-state index is -0.0144. The summed E-state index contributed by atoms with van der Waals surface area (Å²) in [6, 6.07) is 9.56. The van der Waals surface area contributed by atoms with Crippen molar-refractivity contribution in [1.82, 2.24) is 4.57 Å². The molecule has 4 rings (SSSR count). The molecule has 0 bridgehead atoms. The molecule has 0 radical (unpaired) electrons. The zero-order valence-corrected chi connectivity index (χ0v) is 19.4. The Bertz CT molecular complexity index is 1160. The standard InChI is InChI=1S/C25H26Cl2N2O/c1-15-20(29-8-6-7-9-29)12-18-21(25(4,5)14-24(18,2)3)22(15)28-13-16-10-17(26)11-19(27)23(16)30/h6-13,30H,14H2,1-5H3. The third-order valence-corrected chi connectivity index (χ3v) is 6.60. The van der Waals surface area contributed by atoms with Crippen molar-refractivity contribution in [3.8, 4) is 11.4 Å². The summed E-state index contributed by atoms with van der Waals surface area (Å²) in [5.74, 6) is -0.0136. The summed E-state index contributed by atoms with van der Waals surface area (Å²) < 4.78 is 2.13. The summed E-state index contributed by atoms with van der Waals surface area (Å²) in [5, 5.41) is 11.0. The lowest BCUT2D eigenvalue weighted by Crippen LogP contribution is -2.18. The van der Waals surface area contributed by atoms with Crippen LogP contribution in [-0.2, 0) is 10.8 Å². The number of benzene rings is 2. The molecule has 0 unspecified atom stereocenters. The first-order valence-electron chi connectivity index (χ1n) is 10.1. The number of nitrogens with zero attached hydrogens (tertiary/aromatic N) is 2. The van der Waals surface area contributed by atoms with Crippen LogP contribution in [0.15, 0.2) is 47.7 Å². The Morgan fingerprint density at radius 2 is 1.70 bits per heavy atom. The quantitative estimate of drug-likeness (QED) is 0.420. The van der Waals surface area contributed by atoms with Crippen molar-refractivity contribution in [1.29, 1.82) is 0 Å². The van der Waals surface area contributed by atoms with Gasteiger partial charge in [0.2, 0.25) is 0 Å². The second kappa shape index (κ2) is 7.18. The number of aromatic hydroxyl groups is 1. The largest absolute Gasteiger partial charge is 0.506 e. The second-order valence-electron chi connectivity index (χ2n) is 9.41. The molecule has 0 saturated carbocycles. The maximum atomic E-state index is 10.4. The van der Waals surface area contributed by atoms with Crippen molar-refractivity contribution in [3.63, 3.8) is 0 Å². The number of hydrogen-bond acceptors (Lipinski definition) is 2. The lowest BCUT2D eigenvalue weighted by atomic mass is 9.81. The number of fused-ring (bicyclic) bond motifs is 1. The van der Waals surface area contributed by atoms with Crippen molar-refractivity contribution in [3.05, 3.63) is 75.0 Å². The molecule has 1 aliphatic rings. The molecule has 3 nitrogen and oxygen atoms in total. The molecule has 0 saturated heterocycles. The average molecular weight is 441 g/mol. The smallest absolute Gasteiger partial charge is 0.143 e. The van der Waals surface area contributed by atoms with Gasteiger partial charge >= 0.3 is 0 Å². The van der Waals surface area contributed by atoms with E-state index < -0.39 is 0 Å². The van der Waals surface area contributed by atoms with Crippen LogP contribution in [0.1, 0.15) is 56.4 Å². The maximum absolute atomic E-state index is 10.4. The first-order chi connectivity index (χ1) is 14.0. The molecule has 0 atom stereocenters. The van der Waals surface area contributed by atoms with E-state index in [0.717, 1.165) is 23.4 Å². The zero-order valence-electron chi connectivity index (χ0n) is 17.9. The monoisotopic (exact) mass is 440 g/mol. The van der Waals surface area contributed by atoms with Gasteiger partial charge in [0.05, 0.1) is 16.4 Å². The highest BCUT2D eigenvalue weighted by Gasteiger charge is 2.44. The highest BCUT2D eigenvalue weighted by atomic mass is 35.5. The fraction of sp³-hybridized carbons (Fsp3) is 0.320. The first kappa shape index (κ1) is 21.0. The van der Waals surface area contributed by atoms with Crippen molar-refractivity contribution in [2.24, 2.45) is 4.99 Å². The van der Waals surface area contributed by atoms with Crippen LogP contribution >= 0.6 is 23.2 Å². The van der Waals surface area contributed by atoms with Crippen molar-refractivity contribution < 1.29 is 5.11 Å². The molecule has 0 amide bonds. The molecular weight excluding hydrogens is 415 g/mol. The number of hydrogen-bond donors (Lipinski definition) is 1. The summed E-state index contributed by atoms with van der Waals surface area (Å²) in [4.78, 5) is 4.91. The van der Waals surface area contributed by atoms with E-state index in [-0.39, 0.29) is 21.6 Å². The van der Waals surface area contributed by atoms with E-state index in [1.54, 1.807) is 12.3 Å². The summed E-state index contributed by atoms with van der Waals surface area (Å²) in [7, 11) is 0. The Hall–Kier alpha value is -2.23. The van der Waals surface area contributed by atoms with E-state index in [2.05, 4.69) is 57.6 Å². The fourth-order valence-electron chi connectivity index (χ4n) is 5.00. The fourth-order valence-corrected chi connectivity index (χ4v) is 5.51. The zero-order chi connectivity index (χ0) is 21.8. The van der Waals surface area contributed by atoms with Gasteiger partial charge in [-0.05, 0) is 71.2 Å². The second-order valence-corrected chi connectivity index (χ2v) is 10.3. The first-order valence-corrected chi connectivity index (χ1v) is 10.8. The van der Waals surface area contributed by atoms with Crippen LogP contribution in [0.25, 0.3) is 5.69 Å². The summed E-state index contributed by atoms with van der Waals surface area (Å²) in [6.45, 7) is 11.3. The van der Waals surface area contributed by atoms with E-state index in [4.69, 9.17) is 28.2 Å². The van der Waals surface area contributed by atoms with Gasteiger partial charge < -0.3 is 9.67 Å². The van der Waals surface area contributed by atoms with E-state index in [1.807, 2.05) is 12.1 Å². The Balaban J connectivity index is 1.98. The molecule has 1 aliphatic carbocycles. The van der Waals surface area contributed by atoms with Gasteiger partial charge in [-0.15, -0.1) is 0 Å². The predicted molar refractivity (Wildman–Crippen MR) is 127 cm³/mol. The molecule has 0 aliphatic heterocycles. The van der Waals surface area contributed by atoms with E-state index in [1.165, 1.54) is 17.2 Å². The van der Waals surface area contributed by atoms with Crippen LogP contribution in [0.3, 0.4) is 0 Å². The number of rotatable bonds is 3. The highest BCUT2D eigenvalue weighted by Crippen LogP contribution is 2.54. The number of aliphatic imine (C=N–C) groups is 1. The Morgan fingerprint density at radius 1 is 1.03 bits per heavy atom. The van der Waals surface area contributed by atoms with Crippen LogP contribution in [-0.4, -0.2) is 15.9 Å². The third kappa shape index (κ3) is 3.44. The van der Waals surface area contributed by atoms with Gasteiger partial charge in [0, 0.05) is 29.2 Å². The van der Waals surface area contributed by atoms with Gasteiger partial charge in [-0.1, -0.05) is 50.9 Å². The van der Waals surface area contributed by atoms with Gasteiger partial charge in [-0.2, -0.15) is 0 Å². The van der Waals surface area contributed by atoms with Crippen LogP contribution in [0, 0.1) is 6.92 Å². The molecule has 1 aromatic heterocycles. The number of phenols is 1. The number of aromatic nitrogens is 1. The summed E-state index contributed by atoms with van der Waals surface area (Å²) in [6.07, 6.45) is 6.81. The predicted octanol–water partition coefficient (Wildman–Crippen LogP) is 7.51. The van der Waals surface area contributed by atoms with Crippen LogP contribution < -0.4 is 0 Å². The minimum Gasteiger partial charge on any atom is -0.506 e. The van der Waals surface area contributed by atoms with Crippen molar-refractivity contribution in [2.75, 3.05) is 0 Å². The molecule has 156 valence electrons. The van der Waals surface area contributed by atoms with Crippen LogP contribution in [0.5, 0.6) is 5.75 Å². The molecule has 30 heavy (non-hydrogen) atoms. The topological polar surface area (TPSA) is 37.5 Å². The normalized spacial score (nSPS) is 16.9. The number of halogens is 2. The highest BCUT2D eigenvalue weighted by molar-refractivity contribution is 6.36. The number of phenolic OH excluding ortho intramolecular Hbond substituents is 1. The molecule has 3 aromatic rings. The molecule has 0 fully saturated rings. The summed E-state index contributed by atoms with van der Waals surface area (Å²) in [5.41, 5.74) is 6.28. The van der Waals surface area contributed by atoms with Gasteiger partial charge in [0.15, 0.2) is 0 Å². The Kier molecular flexibility index (Phi) is 5.03. The third-order valence-electron chi connectivity index (χ3n) is 6.09. The SMILES string of the molecule is Cc1c(-n2cccc2)cc2c(c1N=Cc1cc(Cl)cc(Cl)c1O)C(C)(C)CC2(C)C. The van der Waals surface area contributed by atoms with E-state index in [0.29, 0.717) is 10.6 Å². The van der Waals surface area contributed by atoms with Gasteiger partial charge in [-0.25, -0.2) is 0 Å². The van der Waals surface area contributed by atoms with Crippen LogP contribution in [0.2, 0.25) is 10.0 Å².